The molecule has 0 saturated carbocycles. The Kier molecular flexibility index (Phi) is 4.13. The molecule has 1 rings (SSSR count). The van der Waals surface area contributed by atoms with E-state index in [0.717, 1.165) is 18.4 Å². The second kappa shape index (κ2) is 5.40. The number of hydrogen-bond acceptors (Lipinski definition) is 2. The van der Waals surface area contributed by atoms with Crippen LogP contribution >= 0.6 is 0 Å². The summed E-state index contributed by atoms with van der Waals surface area (Å²) in [6.45, 7) is 0.571. The van der Waals surface area contributed by atoms with E-state index in [1.165, 1.54) is 5.56 Å². The zero-order valence-corrected chi connectivity index (χ0v) is 8.20. The number of rotatable bonds is 5. The molecule has 14 heavy (non-hydrogen) atoms. The number of aryl methyl sites for hydroxylation is 1. The number of hydrogen-bond donors (Lipinski definition) is 2. The lowest BCUT2D eigenvalue weighted by molar-refractivity contribution is -0.118. The first-order chi connectivity index (χ1) is 6.72. The molecule has 3 nitrogen and oxygen atoms in total. The van der Waals surface area contributed by atoms with E-state index in [-0.39, 0.29) is 5.91 Å². The average molecular weight is 192 g/mol. The summed E-state index contributed by atoms with van der Waals surface area (Å²) >= 11 is 0. The van der Waals surface area contributed by atoms with Crippen molar-refractivity contribution in [1.82, 2.24) is 0 Å². The van der Waals surface area contributed by atoms with Crippen molar-refractivity contribution in [1.29, 1.82) is 0 Å². The Morgan fingerprint density at radius 2 is 1.71 bits per heavy atom. The third-order valence-corrected chi connectivity index (χ3v) is 2.15. The van der Waals surface area contributed by atoms with Gasteiger partial charge in [-0.3, -0.25) is 4.79 Å². The lowest BCUT2D eigenvalue weighted by Crippen LogP contribution is -2.10. The van der Waals surface area contributed by atoms with Crippen LogP contribution in [-0.4, -0.2) is 5.91 Å². The molecule has 0 saturated heterocycles. The zero-order valence-electron chi connectivity index (χ0n) is 8.20. The molecule has 1 amide bonds. The molecule has 0 spiro atoms. The average Bonchev–Trinajstić information content (AvgIpc) is 2.18. The Hall–Kier alpha value is -1.35. The van der Waals surface area contributed by atoms with E-state index in [1.807, 2.05) is 24.3 Å². The number of amides is 1. The Bertz CT molecular complexity index is 293. The summed E-state index contributed by atoms with van der Waals surface area (Å²) in [7, 11) is 0. The predicted molar refractivity (Wildman–Crippen MR) is 56.5 cm³/mol. The van der Waals surface area contributed by atoms with E-state index in [2.05, 4.69) is 0 Å². The first-order valence-electron chi connectivity index (χ1n) is 4.78. The number of nitrogens with two attached hydrogens (primary N) is 2. The molecule has 3 heteroatoms. The van der Waals surface area contributed by atoms with E-state index < -0.39 is 0 Å². The van der Waals surface area contributed by atoms with Crippen molar-refractivity contribution in [3.63, 3.8) is 0 Å². The van der Waals surface area contributed by atoms with Gasteiger partial charge in [0.05, 0.1) is 0 Å². The molecule has 0 atom stereocenters. The van der Waals surface area contributed by atoms with Crippen molar-refractivity contribution in [2.75, 3.05) is 0 Å². The summed E-state index contributed by atoms with van der Waals surface area (Å²) in [5, 5.41) is 0. The highest BCUT2D eigenvalue weighted by molar-refractivity contribution is 5.73. The minimum absolute atomic E-state index is 0.233. The van der Waals surface area contributed by atoms with Gasteiger partial charge in [0.1, 0.15) is 0 Å². The lowest BCUT2D eigenvalue weighted by Gasteiger charge is -2.01. The second-order valence-corrected chi connectivity index (χ2v) is 3.34. The van der Waals surface area contributed by atoms with Gasteiger partial charge in [-0.15, -0.1) is 0 Å². The molecule has 0 fully saturated rings. The molecular formula is C11H16N2O. The molecule has 1 aromatic rings. The second-order valence-electron chi connectivity index (χ2n) is 3.34. The maximum Gasteiger partial charge on any atom is 0.217 e. The minimum Gasteiger partial charge on any atom is -0.370 e. The highest BCUT2D eigenvalue weighted by Gasteiger charge is 1.96. The van der Waals surface area contributed by atoms with Gasteiger partial charge >= 0.3 is 0 Å². The number of carbonyl (C=O) groups is 1. The fraction of sp³-hybridized carbons (Fsp3) is 0.364. The Morgan fingerprint density at radius 1 is 1.14 bits per heavy atom. The minimum atomic E-state index is -0.233. The first kappa shape index (κ1) is 10.7. The standard InChI is InChI=1S/C11H16N2O/c12-8-10-6-4-9(5-7-10)2-1-3-11(13)14/h4-7H,1-3,8,12H2,(H2,13,14). The molecule has 0 unspecified atom stereocenters. The van der Waals surface area contributed by atoms with Gasteiger partial charge in [0.2, 0.25) is 5.91 Å². The van der Waals surface area contributed by atoms with Gasteiger partial charge < -0.3 is 11.5 Å². The van der Waals surface area contributed by atoms with E-state index in [0.29, 0.717) is 13.0 Å². The Balaban J connectivity index is 2.40. The third-order valence-electron chi connectivity index (χ3n) is 2.15. The highest BCUT2D eigenvalue weighted by atomic mass is 16.1. The van der Waals surface area contributed by atoms with E-state index in [4.69, 9.17) is 11.5 Å². The molecule has 0 bridgehead atoms. The molecular weight excluding hydrogens is 176 g/mol. The van der Waals surface area contributed by atoms with Crippen LogP contribution in [0.3, 0.4) is 0 Å². The molecule has 4 N–H and O–H groups in total. The van der Waals surface area contributed by atoms with Gasteiger partial charge in [0.15, 0.2) is 0 Å². The quantitative estimate of drug-likeness (QED) is 0.729. The normalized spacial score (nSPS) is 10.1. The van der Waals surface area contributed by atoms with E-state index in [1.54, 1.807) is 0 Å². The SMILES string of the molecule is NCc1ccc(CCCC(N)=O)cc1. The summed E-state index contributed by atoms with van der Waals surface area (Å²) in [5.74, 6) is -0.233. The lowest BCUT2D eigenvalue weighted by atomic mass is 10.1. The van der Waals surface area contributed by atoms with Crippen LogP contribution in [0.4, 0.5) is 0 Å². The molecule has 76 valence electrons. The zero-order chi connectivity index (χ0) is 10.4. The summed E-state index contributed by atoms with van der Waals surface area (Å²) in [6.07, 6.45) is 2.17. The summed E-state index contributed by atoms with van der Waals surface area (Å²) in [4.78, 5) is 10.5. The number of carbonyl (C=O) groups excluding carboxylic acids is 1. The van der Waals surface area contributed by atoms with Crippen molar-refractivity contribution in [3.05, 3.63) is 35.4 Å². The van der Waals surface area contributed by atoms with Gasteiger partial charge in [0.25, 0.3) is 0 Å². The topological polar surface area (TPSA) is 69.1 Å². The van der Waals surface area contributed by atoms with Crippen LogP contribution in [0, 0.1) is 0 Å². The predicted octanol–water partition coefficient (Wildman–Crippen LogP) is 0.953. The Morgan fingerprint density at radius 3 is 2.21 bits per heavy atom. The Labute approximate surface area is 84.1 Å². The molecule has 1 aromatic carbocycles. The molecule has 0 heterocycles. The van der Waals surface area contributed by atoms with Crippen LogP contribution in [-0.2, 0) is 17.8 Å². The van der Waals surface area contributed by atoms with Crippen molar-refractivity contribution < 1.29 is 4.79 Å². The van der Waals surface area contributed by atoms with Crippen LogP contribution in [0.2, 0.25) is 0 Å². The van der Waals surface area contributed by atoms with Gasteiger partial charge in [-0.25, -0.2) is 0 Å². The molecule has 0 aliphatic rings. The summed E-state index contributed by atoms with van der Waals surface area (Å²) in [6, 6.07) is 8.12. The molecule has 0 aromatic heterocycles. The summed E-state index contributed by atoms with van der Waals surface area (Å²) in [5.41, 5.74) is 12.9. The van der Waals surface area contributed by atoms with Crippen LogP contribution in [0.15, 0.2) is 24.3 Å². The van der Waals surface area contributed by atoms with Gasteiger partial charge in [-0.2, -0.15) is 0 Å². The van der Waals surface area contributed by atoms with Gasteiger partial charge in [-0.1, -0.05) is 24.3 Å². The number of primary amides is 1. The van der Waals surface area contributed by atoms with Crippen molar-refractivity contribution in [2.24, 2.45) is 11.5 Å². The van der Waals surface area contributed by atoms with Crippen molar-refractivity contribution >= 4 is 5.91 Å². The molecule has 0 radical (unpaired) electrons. The van der Waals surface area contributed by atoms with Crippen LogP contribution < -0.4 is 11.5 Å². The monoisotopic (exact) mass is 192 g/mol. The van der Waals surface area contributed by atoms with E-state index in [9.17, 15) is 4.79 Å². The van der Waals surface area contributed by atoms with E-state index >= 15 is 0 Å². The van der Waals surface area contributed by atoms with Gasteiger partial charge in [-0.05, 0) is 24.0 Å². The van der Waals surface area contributed by atoms with Crippen molar-refractivity contribution in [2.45, 2.75) is 25.8 Å². The third kappa shape index (κ3) is 3.58. The fourth-order valence-corrected chi connectivity index (χ4v) is 1.31. The van der Waals surface area contributed by atoms with Crippen LogP contribution in [0.25, 0.3) is 0 Å². The van der Waals surface area contributed by atoms with Gasteiger partial charge in [0, 0.05) is 13.0 Å². The van der Waals surface area contributed by atoms with Crippen LogP contribution in [0.5, 0.6) is 0 Å². The largest absolute Gasteiger partial charge is 0.370 e. The van der Waals surface area contributed by atoms with Crippen LogP contribution in [0.1, 0.15) is 24.0 Å². The number of benzene rings is 1. The smallest absolute Gasteiger partial charge is 0.217 e. The van der Waals surface area contributed by atoms with Crippen molar-refractivity contribution in [3.8, 4) is 0 Å². The first-order valence-corrected chi connectivity index (χ1v) is 4.78. The molecule has 0 aliphatic carbocycles. The maximum atomic E-state index is 10.5. The highest BCUT2D eigenvalue weighted by Crippen LogP contribution is 2.07. The maximum absolute atomic E-state index is 10.5. The fourth-order valence-electron chi connectivity index (χ4n) is 1.31. The molecule has 0 aliphatic heterocycles. The summed E-state index contributed by atoms with van der Waals surface area (Å²) < 4.78 is 0.